The molecule has 5 nitrogen and oxygen atoms in total. The Kier molecular flexibility index (Phi) is 6.37. The number of hydrogen-bond acceptors (Lipinski definition) is 3. The molecule has 140 valence electrons. The quantitative estimate of drug-likeness (QED) is 0.743. The number of carbonyl (C=O) groups excluding carboxylic acids is 1. The lowest BCUT2D eigenvalue weighted by Gasteiger charge is -2.27. The van der Waals surface area contributed by atoms with E-state index >= 15 is 0 Å². The Labute approximate surface area is 154 Å². The van der Waals surface area contributed by atoms with Crippen LogP contribution in [0.3, 0.4) is 0 Å². The van der Waals surface area contributed by atoms with E-state index in [4.69, 9.17) is 0 Å². The molecular formula is C19H23FN2O3S. The van der Waals surface area contributed by atoms with Gasteiger partial charge in [-0.15, -0.1) is 0 Å². The Balaban J connectivity index is 2.49. The molecule has 2 aromatic rings. The SMILES string of the molecule is CCN(CC)C(=O)CN(c1ccc(C)cc1)S(=O)(=O)c1cccc(F)c1. The number of nitrogens with zero attached hydrogens (tertiary/aromatic N) is 2. The van der Waals surface area contributed by atoms with Crippen molar-refractivity contribution in [1.82, 2.24) is 4.90 Å². The fraction of sp³-hybridized carbons (Fsp3) is 0.316. The third-order valence-corrected chi connectivity index (χ3v) is 5.87. The van der Waals surface area contributed by atoms with Crippen LogP contribution >= 0.6 is 0 Å². The summed E-state index contributed by atoms with van der Waals surface area (Å²) in [6.45, 7) is 6.17. The van der Waals surface area contributed by atoms with Crippen LogP contribution in [0, 0.1) is 12.7 Å². The highest BCUT2D eigenvalue weighted by atomic mass is 32.2. The molecule has 1 amide bonds. The lowest BCUT2D eigenvalue weighted by Crippen LogP contribution is -2.43. The molecule has 0 aliphatic carbocycles. The fourth-order valence-corrected chi connectivity index (χ4v) is 4.03. The van der Waals surface area contributed by atoms with E-state index in [2.05, 4.69) is 0 Å². The van der Waals surface area contributed by atoms with Crippen LogP contribution in [0.25, 0.3) is 0 Å². The third-order valence-electron chi connectivity index (χ3n) is 4.10. The van der Waals surface area contributed by atoms with Gasteiger partial charge in [0.25, 0.3) is 10.0 Å². The van der Waals surface area contributed by atoms with Crippen LogP contribution in [-0.4, -0.2) is 38.9 Å². The minimum Gasteiger partial charge on any atom is -0.342 e. The lowest BCUT2D eigenvalue weighted by atomic mass is 10.2. The summed E-state index contributed by atoms with van der Waals surface area (Å²) in [7, 11) is -4.09. The summed E-state index contributed by atoms with van der Waals surface area (Å²) in [5, 5.41) is 0. The number of aryl methyl sites for hydroxylation is 1. The first-order valence-corrected chi connectivity index (χ1v) is 9.86. The first kappa shape index (κ1) is 19.9. The average Bonchev–Trinajstić information content (AvgIpc) is 2.61. The summed E-state index contributed by atoms with van der Waals surface area (Å²) in [5.41, 5.74) is 1.33. The van der Waals surface area contributed by atoms with E-state index in [-0.39, 0.29) is 17.3 Å². The van der Waals surface area contributed by atoms with Gasteiger partial charge in [0.2, 0.25) is 5.91 Å². The molecule has 2 aromatic carbocycles. The minimum atomic E-state index is -4.09. The summed E-state index contributed by atoms with van der Waals surface area (Å²) < 4.78 is 40.8. The van der Waals surface area contributed by atoms with Crippen molar-refractivity contribution in [3.05, 3.63) is 59.9 Å². The Hall–Kier alpha value is -2.41. The van der Waals surface area contributed by atoms with Crippen LogP contribution in [0.15, 0.2) is 53.4 Å². The van der Waals surface area contributed by atoms with E-state index in [1.165, 1.54) is 18.2 Å². The van der Waals surface area contributed by atoms with Crippen molar-refractivity contribution >= 4 is 21.6 Å². The van der Waals surface area contributed by atoms with Crippen molar-refractivity contribution in [2.75, 3.05) is 23.9 Å². The van der Waals surface area contributed by atoms with E-state index in [1.54, 1.807) is 29.2 Å². The van der Waals surface area contributed by atoms with Gasteiger partial charge in [-0.1, -0.05) is 23.8 Å². The molecule has 0 aromatic heterocycles. The van der Waals surface area contributed by atoms with Gasteiger partial charge in [-0.3, -0.25) is 9.10 Å². The molecule has 0 aliphatic rings. The molecule has 0 radical (unpaired) electrons. The predicted molar refractivity (Wildman–Crippen MR) is 100 cm³/mol. The van der Waals surface area contributed by atoms with Crippen molar-refractivity contribution in [3.8, 4) is 0 Å². The highest BCUT2D eigenvalue weighted by Gasteiger charge is 2.28. The largest absolute Gasteiger partial charge is 0.342 e. The van der Waals surface area contributed by atoms with Crippen molar-refractivity contribution in [2.24, 2.45) is 0 Å². The molecular weight excluding hydrogens is 355 g/mol. The zero-order chi connectivity index (χ0) is 19.3. The molecule has 0 saturated carbocycles. The number of rotatable bonds is 7. The van der Waals surface area contributed by atoms with Crippen molar-refractivity contribution in [3.63, 3.8) is 0 Å². The van der Waals surface area contributed by atoms with Gasteiger partial charge in [0.1, 0.15) is 12.4 Å². The normalized spacial score (nSPS) is 11.2. The number of halogens is 1. The maximum absolute atomic E-state index is 13.6. The zero-order valence-corrected chi connectivity index (χ0v) is 16.0. The molecule has 0 unspecified atom stereocenters. The topological polar surface area (TPSA) is 57.7 Å². The molecule has 0 aliphatic heterocycles. The molecule has 7 heteroatoms. The lowest BCUT2D eigenvalue weighted by molar-refractivity contribution is -0.129. The van der Waals surface area contributed by atoms with Gasteiger partial charge in [-0.25, -0.2) is 12.8 Å². The van der Waals surface area contributed by atoms with Crippen LogP contribution in [0.4, 0.5) is 10.1 Å². The van der Waals surface area contributed by atoms with Crippen LogP contribution in [0.5, 0.6) is 0 Å². The number of anilines is 1. The molecule has 0 atom stereocenters. The van der Waals surface area contributed by atoms with Gasteiger partial charge >= 0.3 is 0 Å². The van der Waals surface area contributed by atoms with Crippen molar-refractivity contribution in [2.45, 2.75) is 25.7 Å². The van der Waals surface area contributed by atoms with Gasteiger partial charge in [-0.2, -0.15) is 0 Å². The Morgan fingerprint density at radius 1 is 1.04 bits per heavy atom. The summed E-state index contributed by atoms with van der Waals surface area (Å²) >= 11 is 0. The number of carbonyl (C=O) groups is 1. The molecule has 0 bridgehead atoms. The highest BCUT2D eigenvalue weighted by Crippen LogP contribution is 2.24. The van der Waals surface area contributed by atoms with E-state index in [0.717, 1.165) is 15.9 Å². The first-order chi connectivity index (χ1) is 12.3. The fourth-order valence-electron chi connectivity index (χ4n) is 2.58. The number of likely N-dealkylation sites (N-methyl/N-ethyl adjacent to an activating group) is 1. The molecule has 0 N–H and O–H groups in total. The number of benzene rings is 2. The van der Waals surface area contributed by atoms with Gasteiger partial charge < -0.3 is 4.90 Å². The predicted octanol–water partition coefficient (Wildman–Crippen LogP) is 3.20. The van der Waals surface area contributed by atoms with Crippen LogP contribution in [0.2, 0.25) is 0 Å². The molecule has 0 heterocycles. The number of hydrogen-bond donors (Lipinski definition) is 0. The van der Waals surface area contributed by atoms with Crippen LogP contribution in [0.1, 0.15) is 19.4 Å². The molecule has 0 saturated heterocycles. The minimum absolute atomic E-state index is 0.189. The second-order valence-corrected chi connectivity index (χ2v) is 7.73. The van der Waals surface area contributed by atoms with E-state index in [9.17, 15) is 17.6 Å². The van der Waals surface area contributed by atoms with Crippen molar-refractivity contribution < 1.29 is 17.6 Å². The molecule has 2 rings (SSSR count). The second kappa shape index (κ2) is 8.31. The summed E-state index contributed by atoms with van der Waals surface area (Å²) in [6, 6.07) is 11.6. The van der Waals surface area contributed by atoms with Crippen molar-refractivity contribution in [1.29, 1.82) is 0 Å². The van der Waals surface area contributed by atoms with E-state index in [1.807, 2.05) is 20.8 Å². The second-order valence-electron chi connectivity index (χ2n) is 5.87. The molecule has 0 fully saturated rings. The Morgan fingerprint density at radius 3 is 2.19 bits per heavy atom. The van der Waals surface area contributed by atoms with Crippen LogP contribution < -0.4 is 4.31 Å². The summed E-state index contributed by atoms with van der Waals surface area (Å²) in [6.07, 6.45) is 0. The zero-order valence-electron chi connectivity index (χ0n) is 15.1. The van der Waals surface area contributed by atoms with E-state index in [0.29, 0.717) is 18.8 Å². The monoisotopic (exact) mass is 378 g/mol. The third kappa shape index (κ3) is 4.40. The average molecular weight is 378 g/mol. The maximum atomic E-state index is 13.6. The van der Waals surface area contributed by atoms with Gasteiger partial charge in [0.05, 0.1) is 10.6 Å². The van der Waals surface area contributed by atoms with Crippen LogP contribution in [-0.2, 0) is 14.8 Å². The first-order valence-electron chi connectivity index (χ1n) is 8.42. The Morgan fingerprint density at radius 2 is 1.65 bits per heavy atom. The number of amides is 1. The van der Waals surface area contributed by atoms with Gasteiger partial charge in [0.15, 0.2) is 0 Å². The number of sulfonamides is 1. The standard InChI is InChI=1S/C19H23FN2O3S/c1-4-21(5-2)19(23)14-22(17-11-9-15(3)10-12-17)26(24,25)18-8-6-7-16(20)13-18/h6-13H,4-5,14H2,1-3H3. The van der Waals surface area contributed by atoms with Gasteiger partial charge in [-0.05, 0) is 51.1 Å². The molecule has 26 heavy (non-hydrogen) atoms. The Bertz CT molecular complexity index is 863. The molecule has 0 spiro atoms. The summed E-state index contributed by atoms with van der Waals surface area (Å²) in [4.78, 5) is 13.9. The highest BCUT2D eigenvalue weighted by molar-refractivity contribution is 7.92. The van der Waals surface area contributed by atoms with E-state index < -0.39 is 15.8 Å². The maximum Gasteiger partial charge on any atom is 0.264 e. The smallest absolute Gasteiger partial charge is 0.264 e. The van der Waals surface area contributed by atoms with Gasteiger partial charge in [0, 0.05) is 13.1 Å². The summed E-state index contributed by atoms with van der Waals surface area (Å²) in [5.74, 6) is -0.958.